The van der Waals surface area contributed by atoms with Crippen molar-refractivity contribution in [2.75, 3.05) is 23.6 Å². The van der Waals surface area contributed by atoms with Gasteiger partial charge in [0, 0.05) is 30.0 Å². The molecular formula is C14H19N3O2S2. The van der Waals surface area contributed by atoms with Crippen LogP contribution in [0.3, 0.4) is 0 Å². The normalized spacial score (nSPS) is 18.9. The number of nitrogens with zero attached hydrogens (tertiary/aromatic N) is 3. The molecule has 114 valence electrons. The third kappa shape index (κ3) is 3.47. The molecule has 1 aliphatic rings. The summed E-state index contributed by atoms with van der Waals surface area (Å²) in [5.74, 6) is 1.08. The van der Waals surface area contributed by atoms with Gasteiger partial charge in [-0.25, -0.2) is 4.98 Å². The van der Waals surface area contributed by atoms with E-state index >= 15 is 0 Å². The van der Waals surface area contributed by atoms with E-state index in [-0.39, 0.29) is 11.8 Å². The molecule has 2 rings (SSSR count). The average Bonchev–Trinajstić information content (AvgIpc) is 3.15. The SMILES string of the molecule is CC/C=C(\C)C(=O)N1CSC[C@H]1C(=O)N(C)c1nccs1. The number of likely N-dealkylation sites (N-methyl/N-ethyl adjacent to an activating group) is 1. The summed E-state index contributed by atoms with van der Waals surface area (Å²) in [6, 6.07) is -0.406. The Hall–Kier alpha value is -1.34. The van der Waals surface area contributed by atoms with Crippen LogP contribution < -0.4 is 4.90 Å². The Kier molecular flexibility index (Phi) is 5.41. The van der Waals surface area contributed by atoms with Gasteiger partial charge in [0.15, 0.2) is 5.13 Å². The number of rotatable bonds is 4. The number of allylic oxidation sites excluding steroid dienone is 1. The van der Waals surface area contributed by atoms with Gasteiger partial charge in [-0.3, -0.25) is 14.5 Å². The van der Waals surface area contributed by atoms with E-state index in [4.69, 9.17) is 0 Å². The van der Waals surface area contributed by atoms with Crippen molar-refractivity contribution in [2.45, 2.75) is 26.3 Å². The molecule has 0 aromatic carbocycles. The highest BCUT2D eigenvalue weighted by Gasteiger charge is 2.37. The molecule has 1 aromatic heterocycles. The van der Waals surface area contributed by atoms with Crippen LogP contribution in [0.1, 0.15) is 20.3 Å². The molecule has 1 aromatic rings. The minimum atomic E-state index is -0.406. The lowest BCUT2D eigenvalue weighted by Gasteiger charge is -2.26. The Balaban J connectivity index is 2.13. The lowest BCUT2D eigenvalue weighted by Crippen LogP contribution is -2.48. The fourth-order valence-corrected chi connectivity index (χ4v) is 3.93. The number of aromatic nitrogens is 1. The monoisotopic (exact) mass is 325 g/mol. The molecule has 0 unspecified atom stereocenters. The van der Waals surface area contributed by atoms with E-state index in [1.54, 1.807) is 41.7 Å². The molecule has 0 bridgehead atoms. The Morgan fingerprint density at radius 3 is 2.95 bits per heavy atom. The van der Waals surface area contributed by atoms with Crippen LogP contribution in [0.25, 0.3) is 0 Å². The van der Waals surface area contributed by atoms with Crippen molar-refractivity contribution in [1.29, 1.82) is 0 Å². The predicted molar refractivity (Wildman–Crippen MR) is 87.5 cm³/mol. The largest absolute Gasteiger partial charge is 0.317 e. The molecule has 1 aliphatic heterocycles. The first-order chi connectivity index (χ1) is 10.1. The van der Waals surface area contributed by atoms with E-state index in [9.17, 15) is 9.59 Å². The maximum atomic E-state index is 12.6. The number of amides is 2. The quantitative estimate of drug-likeness (QED) is 0.798. The van der Waals surface area contributed by atoms with Crippen molar-refractivity contribution < 1.29 is 9.59 Å². The number of thiazole rings is 1. The Labute approximate surface area is 133 Å². The van der Waals surface area contributed by atoms with Crippen LogP contribution in [0.4, 0.5) is 5.13 Å². The van der Waals surface area contributed by atoms with Crippen LogP contribution in [0, 0.1) is 0 Å². The molecule has 2 amide bonds. The van der Waals surface area contributed by atoms with E-state index in [0.29, 0.717) is 22.3 Å². The van der Waals surface area contributed by atoms with Crippen LogP contribution >= 0.6 is 23.1 Å². The molecular weight excluding hydrogens is 306 g/mol. The zero-order valence-corrected chi connectivity index (χ0v) is 14.0. The van der Waals surface area contributed by atoms with Crippen LogP contribution in [0.15, 0.2) is 23.2 Å². The van der Waals surface area contributed by atoms with Crippen LogP contribution in [-0.2, 0) is 9.59 Å². The van der Waals surface area contributed by atoms with Gasteiger partial charge in [-0.2, -0.15) is 0 Å². The van der Waals surface area contributed by atoms with Gasteiger partial charge in [-0.1, -0.05) is 13.0 Å². The molecule has 0 saturated carbocycles. The highest BCUT2D eigenvalue weighted by atomic mass is 32.2. The Bertz CT molecular complexity index is 542. The standard InChI is InChI=1S/C14H19N3O2S2/c1-4-5-10(2)12(18)17-9-20-8-11(17)13(19)16(3)14-15-6-7-21-14/h5-7,11H,4,8-9H2,1-3H3/b10-5+/t11-/m0/s1. The second-order valence-electron chi connectivity index (χ2n) is 4.80. The number of carbonyl (C=O) groups excluding carboxylic acids is 2. The predicted octanol–water partition coefficient (Wildman–Crippen LogP) is 2.36. The lowest BCUT2D eigenvalue weighted by atomic mass is 10.2. The van der Waals surface area contributed by atoms with Gasteiger partial charge in [-0.15, -0.1) is 23.1 Å². The average molecular weight is 325 g/mol. The fourth-order valence-electron chi connectivity index (χ4n) is 2.17. The summed E-state index contributed by atoms with van der Waals surface area (Å²) in [7, 11) is 1.71. The van der Waals surface area contributed by atoms with Crippen LogP contribution in [0.2, 0.25) is 0 Å². The van der Waals surface area contributed by atoms with Crippen molar-refractivity contribution >= 4 is 40.0 Å². The first-order valence-corrected chi connectivity index (χ1v) is 8.82. The Morgan fingerprint density at radius 1 is 1.57 bits per heavy atom. The lowest BCUT2D eigenvalue weighted by molar-refractivity contribution is -0.133. The van der Waals surface area contributed by atoms with Gasteiger partial charge in [0.25, 0.3) is 11.8 Å². The summed E-state index contributed by atoms with van der Waals surface area (Å²) in [6.45, 7) is 3.80. The summed E-state index contributed by atoms with van der Waals surface area (Å²) >= 11 is 3.03. The van der Waals surface area contributed by atoms with Crippen molar-refractivity contribution in [3.05, 3.63) is 23.2 Å². The second-order valence-corrected chi connectivity index (χ2v) is 6.67. The molecule has 1 saturated heterocycles. The molecule has 0 N–H and O–H groups in total. The Morgan fingerprint density at radius 2 is 2.33 bits per heavy atom. The van der Waals surface area contributed by atoms with Crippen molar-refractivity contribution in [3.63, 3.8) is 0 Å². The topological polar surface area (TPSA) is 53.5 Å². The summed E-state index contributed by atoms with van der Waals surface area (Å²) in [5.41, 5.74) is 0.703. The van der Waals surface area contributed by atoms with Crippen LogP contribution in [-0.4, -0.2) is 46.4 Å². The van der Waals surface area contributed by atoms with Gasteiger partial charge in [0.05, 0.1) is 5.88 Å². The third-order valence-corrected chi connectivity index (χ3v) is 5.17. The van der Waals surface area contributed by atoms with E-state index in [1.807, 2.05) is 18.4 Å². The van der Waals surface area contributed by atoms with Crippen molar-refractivity contribution in [1.82, 2.24) is 9.88 Å². The van der Waals surface area contributed by atoms with Gasteiger partial charge in [0.2, 0.25) is 0 Å². The summed E-state index contributed by atoms with van der Waals surface area (Å²) in [5, 5.41) is 2.49. The second kappa shape index (κ2) is 7.09. The first kappa shape index (κ1) is 16.0. The van der Waals surface area contributed by atoms with Gasteiger partial charge in [-0.05, 0) is 13.3 Å². The first-order valence-electron chi connectivity index (χ1n) is 6.78. The molecule has 1 fully saturated rings. The highest BCUT2D eigenvalue weighted by Crippen LogP contribution is 2.26. The zero-order valence-electron chi connectivity index (χ0n) is 12.4. The summed E-state index contributed by atoms with van der Waals surface area (Å²) in [4.78, 5) is 32.4. The molecule has 21 heavy (non-hydrogen) atoms. The third-order valence-electron chi connectivity index (χ3n) is 3.31. The number of hydrogen-bond acceptors (Lipinski definition) is 5. The highest BCUT2D eigenvalue weighted by molar-refractivity contribution is 7.99. The van der Waals surface area contributed by atoms with Crippen LogP contribution in [0.5, 0.6) is 0 Å². The van der Waals surface area contributed by atoms with E-state index in [0.717, 1.165) is 6.42 Å². The molecule has 0 aliphatic carbocycles. The minimum absolute atomic E-state index is 0.0484. The minimum Gasteiger partial charge on any atom is -0.317 e. The van der Waals surface area contributed by atoms with Crippen molar-refractivity contribution in [3.8, 4) is 0 Å². The summed E-state index contributed by atoms with van der Waals surface area (Å²) < 4.78 is 0. The molecule has 2 heterocycles. The maximum Gasteiger partial charge on any atom is 0.252 e. The maximum absolute atomic E-state index is 12.6. The molecule has 0 spiro atoms. The molecule has 0 radical (unpaired) electrons. The number of thioether (sulfide) groups is 1. The summed E-state index contributed by atoms with van der Waals surface area (Å²) in [6.07, 6.45) is 4.39. The number of carbonyl (C=O) groups is 2. The van der Waals surface area contributed by atoms with E-state index in [2.05, 4.69) is 4.98 Å². The van der Waals surface area contributed by atoms with E-state index < -0.39 is 6.04 Å². The molecule has 5 nitrogen and oxygen atoms in total. The molecule has 7 heteroatoms. The van der Waals surface area contributed by atoms with Gasteiger partial charge in [0.1, 0.15) is 6.04 Å². The molecule has 1 atom stereocenters. The van der Waals surface area contributed by atoms with E-state index in [1.165, 1.54) is 11.3 Å². The fraction of sp³-hybridized carbons (Fsp3) is 0.500. The number of hydrogen-bond donors (Lipinski definition) is 0. The van der Waals surface area contributed by atoms with Crippen molar-refractivity contribution in [2.24, 2.45) is 0 Å². The smallest absolute Gasteiger partial charge is 0.252 e. The van der Waals surface area contributed by atoms with Gasteiger partial charge < -0.3 is 4.90 Å². The van der Waals surface area contributed by atoms with Gasteiger partial charge >= 0.3 is 0 Å². The number of anilines is 1. The zero-order chi connectivity index (χ0) is 15.4.